The number of amides is 1. The van der Waals surface area contributed by atoms with Gasteiger partial charge in [0.1, 0.15) is 5.60 Å². The van der Waals surface area contributed by atoms with Gasteiger partial charge in [0.15, 0.2) is 0 Å². The lowest BCUT2D eigenvalue weighted by molar-refractivity contribution is 0.0197. The molecule has 3 rings (SSSR count). The van der Waals surface area contributed by atoms with Crippen molar-refractivity contribution < 1.29 is 19.1 Å². The first kappa shape index (κ1) is 23.5. The molecule has 0 radical (unpaired) electrons. The first-order chi connectivity index (χ1) is 15.2. The molecule has 2 aromatic rings. The van der Waals surface area contributed by atoms with Crippen LogP contribution in [-0.4, -0.2) is 52.2 Å². The molecule has 8 heteroatoms. The first-order valence-corrected chi connectivity index (χ1v) is 11.0. The topological polar surface area (TPSA) is 93.7 Å². The van der Waals surface area contributed by atoms with Gasteiger partial charge in [-0.3, -0.25) is 0 Å². The molecule has 1 aromatic carbocycles. The van der Waals surface area contributed by atoms with Crippen molar-refractivity contribution in [3.05, 3.63) is 47.3 Å². The molecular weight excluding hydrogens is 408 g/mol. The number of aromatic nitrogens is 2. The van der Waals surface area contributed by atoms with Gasteiger partial charge in [-0.15, -0.1) is 0 Å². The lowest BCUT2D eigenvalue weighted by Gasteiger charge is -2.34. The van der Waals surface area contributed by atoms with Crippen molar-refractivity contribution in [1.82, 2.24) is 14.9 Å². The predicted octanol–water partition coefficient (Wildman–Crippen LogP) is 4.82. The van der Waals surface area contributed by atoms with Gasteiger partial charge in [-0.05, 0) is 71.2 Å². The second-order valence-electron chi connectivity index (χ2n) is 8.95. The average molecular weight is 441 g/mol. The molecule has 0 saturated carbocycles. The Labute approximate surface area is 189 Å². The molecular formula is C24H32N4O4. The molecule has 0 bridgehead atoms. The summed E-state index contributed by atoms with van der Waals surface area (Å²) in [7, 11) is 0. The lowest BCUT2D eigenvalue weighted by atomic mass is 9.95. The van der Waals surface area contributed by atoms with E-state index in [1.807, 2.05) is 39.8 Å². The number of nitrogens with zero attached hydrogens (tertiary/aromatic N) is 3. The van der Waals surface area contributed by atoms with Gasteiger partial charge in [0.05, 0.1) is 17.9 Å². The number of anilines is 2. The quantitative estimate of drug-likeness (QED) is 0.666. The Morgan fingerprint density at radius 3 is 2.75 bits per heavy atom. The zero-order valence-electron chi connectivity index (χ0n) is 19.5. The minimum absolute atomic E-state index is 0.104. The molecule has 1 fully saturated rings. The summed E-state index contributed by atoms with van der Waals surface area (Å²) in [5.74, 6) is 0.183. The maximum Gasteiger partial charge on any atom is 0.410 e. The SMILES string of the molecule is CCOC(=O)c1ccc(C)c(Nc2nccc(C3CCCN(C(=O)OC(C)(C)C)C3)n2)c1. The van der Waals surface area contributed by atoms with E-state index >= 15 is 0 Å². The molecule has 1 unspecified atom stereocenters. The Kier molecular flexibility index (Phi) is 7.33. The standard InChI is InChI=1S/C24H32N4O4/c1-6-31-21(29)17-10-9-16(2)20(14-17)27-22-25-12-11-19(26-22)18-8-7-13-28(15-18)23(30)32-24(3,4)5/h9-12,14,18H,6-8,13,15H2,1-5H3,(H,25,26,27). The number of carbonyl (C=O) groups excluding carboxylic acids is 2. The Hall–Kier alpha value is -3.16. The van der Waals surface area contributed by atoms with Crippen LogP contribution in [0.4, 0.5) is 16.4 Å². The molecule has 2 heterocycles. The van der Waals surface area contributed by atoms with Crippen LogP contribution in [0.5, 0.6) is 0 Å². The maximum absolute atomic E-state index is 12.5. The van der Waals surface area contributed by atoms with Crippen LogP contribution in [0.3, 0.4) is 0 Å². The van der Waals surface area contributed by atoms with Gasteiger partial charge in [-0.25, -0.2) is 19.6 Å². The van der Waals surface area contributed by atoms with Crippen LogP contribution >= 0.6 is 0 Å². The second-order valence-corrected chi connectivity index (χ2v) is 8.95. The van der Waals surface area contributed by atoms with Gasteiger partial charge >= 0.3 is 12.1 Å². The summed E-state index contributed by atoms with van der Waals surface area (Å²) >= 11 is 0. The molecule has 1 aromatic heterocycles. The van der Waals surface area contributed by atoms with Gasteiger partial charge in [0, 0.05) is 30.9 Å². The maximum atomic E-state index is 12.5. The summed E-state index contributed by atoms with van der Waals surface area (Å²) < 4.78 is 10.6. The highest BCUT2D eigenvalue weighted by molar-refractivity contribution is 5.91. The number of aryl methyl sites for hydroxylation is 1. The summed E-state index contributed by atoms with van der Waals surface area (Å²) in [5, 5.41) is 3.22. The monoisotopic (exact) mass is 440 g/mol. The van der Waals surface area contributed by atoms with Crippen molar-refractivity contribution >= 4 is 23.7 Å². The number of hydrogen-bond acceptors (Lipinski definition) is 7. The Bertz CT molecular complexity index is 971. The second kappa shape index (κ2) is 9.97. The van der Waals surface area contributed by atoms with Crippen LogP contribution in [0.25, 0.3) is 0 Å². The van der Waals surface area contributed by atoms with Gasteiger partial charge in [-0.2, -0.15) is 0 Å². The van der Waals surface area contributed by atoms with Crippen LogP contribution in [0, 0.1) is 6.92 Å². The fourth-order valence-electron chi connectivity index (χ4n) is 3.59. The van der Waals surface area contributed by atoms with Crippen molar-refractivity contribution in [2.24, 2.45) is 0 Å². The van der Waals surface area contributed by atoms with E-state index in [2.05, 4.69) is 10.3 Å². The number of hydrogen-bond donors (Lipinski definition) is 1. The number of likely N-dealkylation sites (tertiary alicyclic amines) is 1. The van der Waals surface area contributed by atoms with Crippen molar-refractivity contribution in [2.75, 3.05) is 25.0 Å². The van der Waals surface area contributed by atoms with Gasteiger partial charge < -0.3 is 19.7 Å². The van der Waals surface area contributed by atoms with Crippen LogP contribution in [-0.2, 0) is 9.47 Å². The molecule has 172 valence electrons. The Balaban J connectivity index is 1.74. The Morgan fingerprint density at radius 2 is 2.03 bits per heavy atom. The van der Waals surface area contributed by atoms with Crippen molar-refractivity contribution in [3.8, 4) is 0 Å². The number of rotatable bonds is 5. The average Bonchev–Trinajstić information content (AvgIpc) is 2.74. The zero-order chi connectivity index (χ0) is 23.3. The number of nitrogens with one attached hydrogen (secondary N) is 1. The minimum atomic E-state index is -0.522. The third-order valence-corrected chi connectivity index (χ3v) is 5.16. The normalized spacial score (nSPS) is 16.4. The third kappa shape index (κ3) is 6.18. The zero-order valence-corrected chi connectivity index (χ0v) is 19.5. The van der Waals surface area contributed by atoms with Crippen LogP contribution in [0.2, 0.25) is 0 Å². The number of ether oxygens (including phenoxy) is 2. The van der Waals surface area contributed by atoms with E-state index in [9.17, 15) is 9.59 Å². The van der Waals surface area contributed by atoms with E-state index in [1.165, 1.54) is 0 Å². The third-order valence-electron chi connectivity index (χ3n) is 5.16. The summed E-state index contributed by atoms with van der Waals surface area (Å²) in [5.41, 5.74) is 2.52. The predicted molar refractivity (Wildman–Crippen MR) is 122 cm³/mol. The van der Waals surface area contributed by atoms with Gasteiger partial charge in [-0.1, -0.05) is 6.07 Å². The number of benzene rings is 1. The first-order valence-electron chi connectivity index (χ1n) is 11.0. The molecule has 1 saturated heterocycles. The number of piperidine rings is 1. The molecule has 1 N–H and O–H groups in total. The molecule has 0 spiro atoms. The summed E-state index contributed by atoms with van der Waals surface area (Å²) in [6.07, 6.45) is 3.24. The molecule has 0 aliphatic carbocycles. The number of esters is 1. The molecule has 8 nitrogen and oxygen atoms in total. The molecule has 32 heavy (non-hydrogen) atoms. The van der Waals surface area contributed by atoms with E-state index in [0.29, 0.717) is 31.2 Å². The van der Waals surface area contributed by atoms with Crippen molar-refractivity contribution in [2.45, 2.75) is 59.0 Å². The molecule has 1 atom stereocenters. The fourth-order valence-corrected chi connectivity index (χ4v) is 3.59. The highest BCUT2D eigenvalue weighted by Crippen LogP contribution is 2.28. The van der Waals surface area contributed by atoms with E-state index in [0.717, 1.165) is 29.8 Å². The molecule has 1 aliphatic rings. The van der Waals surface area contributed by atoms with Gasteiger partial charge in [0.25, 0.3) is 0 Å². The van der Waals surface area contributed by atoms with E-state index in [4.69, 9.17) is 14.5 Å². The summed E-state index contributed by atoms with van der Waals surface area (Å²) in [4.78, 5) is 35.3. The summed E-state index contributed by atoms with van der Waals surface area (Å²) in [6.45, 7) is 10.9. The van der Waals surface area contributed by atoms with Gasteiger partial charge in [0.2, 0.25) is 5.95 Å². The fraction of sp³-hybridized carbons (Fsp3) is 0.500. The van der Waals surface area contributed by atoms with E-state index in [-0.39, 0.29) is 18.0 Å². The highest BCUT2D eigenvalue weighted by Gasteiger charge is 2.29. The van der Waals surface area contributed by atoms with Crippen molar-refractivity contribution in [3.63, 3.8) is 0 Å². The smallest absolute Gasteiger partial charge is 0.410 e. The largest absolute Gasteiger partial charge is 0.462 e. The van der Waals surface area contributed by atoms with E-state index in [1.54, 1.807) is 30.2 Å². The lowest BCUT2D eigenvalue weighted by Crippen LogP contribution is -2.42. The van der Waals surface area contributed by atoms with Crippen LogP contribution in [0.1, 0.15) is 68.1 Å². The molecule has 1 aliphatic heterocycles. The van der Waals surface area contributed by atoms with Crippen LogP contribution < -0.4 is 5.32 Å². The summed E-state index contributed by atoms with van der Waals surface area (Å²) in [6, 6.07) is 7.23. The highest BCUT2D eigenvalue weighted by atomic mass is 16.6. The van der Waals surface area contributed by atoms with Crippen LogP contribution in [0.15, 0.2) is 30.5 Å². The molecule has 1 amide bonds. The number of carbonyl (C=O) groups is 2. The minimum Gasteiger partial charge on any atom is -0.462 e. The Morgan fingerprint density at radius 1 is 1.25 bits per heavy atom. The van der Waals surface area contributed by atoms with Crippen molar-refractivity contribution in [1.29, 1.82) is 0 Å². The van der Waals surface area contributed by atoms with E-state index < -0.39 is 5.60 Å².